The van der Waals surface area contributed by atoms with Gasteiger partial charge in [0.05, 0.1) is 6.61 Å². The van der Waals surface area contributed by atoms with Crippen LogP contribution in [0.15, 0.2) is 48.5 Å². The first-order chi connectivity index (χ1) is 11.6. The Labute approximate surface area is 140 Å². The molecule has 0 heterocycles. The standard InChI is InChI=1S/C20H17FO3/c1-3-13-24-19-12-6-15(14-20(19)23-4-2)5-11-18(22)16-7-9-17(21)10-8-16/h1,5-12,14H,4,13H2,2H3/b11-5+. The van der Waals surface area contributed by atoms with Gasteiger partial charge in [-0.1, -0.05) is 18.1 Å². The summed E-state index contributed by atoms with van der Waals surface area (Å²) < 4.78 is 23.8. The molecule has 122 valence electrons. The average molecular weight is 324 g/mol. The number of rotatable bonds is 7. The van der Waals surface area contributed by atoms with Crippen LogP contribution in [0.2, 0.25) is 0 Å². The van der Waals surface area contributed by atoms with Gasteiger partial charge in [-0.2, -0.15) is 0 Å². The van der Waals surface area contributed by atoms with E-state index in [1.165, 1.54) is 30.3 Å². The minimum absolute atomic E-state index is 0.151. The fourth-order valence-corrected chi connectivity index (χ4v) is 2.02. The number of hydrogen-bond donors (Lipinski definition) is 0. The number of ether oxygens (including phenoxy) is 2. The summed E-state index contributed by atoms with van der Waals surface area (Å²) in [7, 11) is 0. The van der Waals surface area contributed by atoms with E-state index >= 15 is 0 Å². The molecular weight excluding hydrogens is 307 g/mol. The van der Waals surface area contributed by atoms with Crippen LogP contribution in [-0.2, 0) is 0 Å². The molecular formula is C20H17FO3. The second kappa shape index (κ2) is 8.54. The highest BCUT2D eigenvalue weighted by molar-refractivity contribution is 6.06. The number of benzene rings is 2. The van der Waals surface area contributed by atoms with Gasteiger partial charge in [0.2, 0.25) is 0 Å². The highest BCUT2D eigenvalue weighted by atomic mass is 19.1. The first-order valence-corrected chi connectivity index (χ1v) is 7.45. The SMILES string of the molecule is C#CCOc1ccc(/C=C/C(=O)c2ccc(F)cc2)cc1OCC. The van der Waals surface area contributed by atoms with Crippen molar-refractivity contribution in [2.45, 2.75) is 6.92 Å². The highest BCUT2D eigenvalue weighted by Crippen LogP contribution is 2.29. The molecule has 4 heteroatoms. The number of allylic oxidation sites excluding steroid dienone is 1. The van der Waals surface area contributed by atoms with Crippen molar-refractivity contribution in [2.24, 2.45) is 0 Å². The van der Waals surface area contributed by atoms with Gasteiger partial charge in [0.1, 0.15) is 12.4 Å². The third-order valence-corrected chi connectivity index (χ3v) is 3.13. The van der Waals surface area contributed by atoms with Crippen molar-refractivity contribution >= 4 is 11.9 Å². The molecule has 0 atom stereocenters. The maximum absolute atomic E-state index is 12.9. The molecule has 0 fully saturated rings. The van der Waals surface area contributed by atoms with E-state index in [1.54, 1.807) is 24.3 Å². The van der Waals surface area contributed by atoms with Crippen LogP contribution in [0.4, 0.5) is 4.39 Å². The van der Waals surface area contributed by atoms with Gasteiger partial charge in [-0.05, 0) is 55.0 Å². The Morgan fingerprint density at radius 3 is 2.58 bits per heavy atom. The summed E-state index contributed by atoms with van der Waals surface area (Å²) in [6.45, 7) is 2.50. The van der Waals surface area contributed by atoms with Crippen LogP contribution >= 0.6 is 0 Å². The maximum atomic E-state index is 12.9. The third-order valence-electron chi connectivity index (χ3n) is 3.13. The zero-order valence-corrected chi connectivity index (χ0v) is 13.3. The summed E-state index contributed by atoms with van der Waals surface area (Å²) in [5.74, 6) is 2.93. The fraction of sp³-hybridized carbons (Fsp3) is 0.150. The molecule has 0 aliphatic rings. The topological polar surface area (TPSA) is 35.5 Å². The molecule has 0 unspecified atom stereocenters. The molecule has 0 N–H and O–H groups in total. The molecule has 0 aliphatic heterocycles. The van der Waals surface area contributed by atoms with Crippen molar-refractivity contribution in [1.29, 1.82) is 0 Å². The molecule has 0 bridgehead atoms. The number of ketones is 1. The first-order valence-electron chi connectivity index (χ1n) is 7.45. The Balaban J connectivity index is 2.16. The molecule has 0 saturated carbocycles. The van der Waals surface area contributed by atoms with Gasteiger partial charge in [-0.25, -0.2) is 4.39 Å². The molecule has 0 amide bonds. The Morgan fingerprint density at radius 1 is 1.17 bits per heavy atom. The normalized spacial score (nSPS) is 10.4. The van der Waals surface area contributed by atoms with Crippen molar-refractivity contribution in [1.82, 2.24) is 0 Å². The smallest absolute Gasteiger partial charge is 0.185 e. The summed E-state index contributed by atoms with van der Waals surface area (Å²) in [6.07, 6.45) is 8.28. The van der Waals surface area contributed by atoms with Crippen molar-refractivity contribution in [2.75, 3.05) is 13.2 Å². The van der Waals surface area contributed by atoms with Crippen LogP contribution in [0.25, 0.3) is 6.08 Å². The number of carbonyl (C=O) groups is 1. The first kappa shape index (κ1) is 17.3. The molecule has 3 nitrogen and oxygen atoms in total. The van der Waals surface area contributed by atoms with Crippen LogP contribution < -0.4 is 9.47 Å². The minimum atomic E-state index is -0.376. The largest absolute Gasteiger partial charge is 0.490 e. The number of carbonyl (C=O) groups excluding carboxylic acids is 1. The molecule has 0 aromatic heterocycles. The molecule has 0 radical (unpaired) electrons. The fourth-order valence-electron chi connectivity index (χ4n) is 2.02. The van der Waals surface area contributed by atoms with Crippen LogP contribution in [0, 0.1) is 18.2 Å². The third kappa shape index (κ3) is 4.72. The molecule has 0 spiro atoms. The zero-order chi connectivity index (χ0) is 17.4. The van der Waals surface area contributed by atoms with Gasteiger partial charge in [-0.15, -0.1) is 6.42 Å². The molecule has 2 aromatic rings. The maximum Gasteiger partial charge on any atom is 0.185 e. The predicted molar refractivity (Wildman–Crippen MR) is 91.7 cm³/mol. The van der Waals surface area contributed by atoms with Crippen molar-refractivity contribution < 1.29 is 18.7 Å². The van der Waals surface area contributed by atoms with E-state index in [1.807, 2.05) is 6.92 Å². The van der Waals surface area contributed by atoms with E-state index in [0.29, 0.717) is 23.7 Å². The molecule has 0 aliphatic carbocycles. The highest BCUT2D eigenvalue weighted by Gasteiger charge is 2.06. The van der Waals surface area contributed by atoms with Gasteiger partial charge in [-0.3, -0.25) is 4.79 Å². The van der Waals surface area contributed by atoms with Crippen molar-refractivity contribution in [3.8, 4) is 23.8 Å². The van der Waals surface area contributed by atoms with E-state index in [4.69, 9.17) is 15.9 Å². The lowest BCUT2D eigenvalue weighted by molar-refractivity contribution is 0.104. The van der Waals surface area contributed by atoms with Crippen molar-refractivity contribution in [3.05, 3.63) is 65.5 Å². The van der Waals surface area contributed by atoms with E-state index in [-0.39, 0.29) is 18.2 Å². The lowest BCUT2D eigenvalue weighted by Gasteiger charge is -2.10. The van der Waals surface area contributed by atoms with E-state index in [9.17, 15) is 9.18 Å². The second-order valence-corrected chi connectivity index (χ2v) is 4.84. The summed E-state index contributed by atoms with van der Waals surface area (Å²) in [6, 6.07) is 10.7. The molecule has 2 aromatic carbocycles. The second-order valence-electron chi connectivity index (χ2n) is 4.84. The lowest BCUT2D eigenvalue weighted by Crippen LogP contribution is -1.99. The Hall–Kier alpha value is -3.06. The summed E-state index contributed by atoms with van der Waals surface area (Å²) in [4.78, 5) is 12.1. The minimum Gasteiger partial charge on any atom is -0.490 e. The quantitative estimate of drug-likeness (QED) is 0.436. The van der Waals surface area contributed by atoms with Crippen LogP contribution in [0.5, 0.6) is 11.5 Å². The molecule has 24 heavy (non-hydrogen) atoms. The van der Waals surface area contributed by atoms with Gasteiger partial charge >= 0.3 is 0 Å². The van der Waals surface area contributed by atoms with Gasteiger partial charge in [0, 0.05) is 5.56 Å². The summed E-state index contributed by atoms with van der Waals surface area (Å²) >= 11 is 0. The summed E-state index contributed by atoms with van der Waals surface area (Å²) in [5, 5.41) is 0. The predicted octanol–water partition coefficient (Wildman–Crippen LogP) is 4.13. The average Bonchev–Trinajstić information content (AvgIpc) is 2.59. The summed E-state index contributed by atoms with van der Waals surface area (Å²) in [5.41, 5.74) is 1.20. The number of halogens is 1. The van der Waals surface area contributed by atoms with Crippen LogP contribution in [0.3, 0.4) is 0 Å². The van der Waals surface area contributed by atoms with E-state index in [0.717, 1.165) is 5.56 Å². The Bertz CT molecular complexity index is 770. The van der Waals surface area contributed by atoms with Gasteiger partial charge in [0.25, 0.3) is 0 Å². The van der Waals surface area contributed by atoms with Crippen LogP contribution in [-0.4, -0.2) is 19.0 Å². The zero-order valence-electron chi connectivity index (χ0n) is 13.3. The lowest BCUT2D eigenvalue weighted by atomic mass is 10.1. The monoisotopic (exact) mass is 324 g/mol. The van der Waals surface area contributed by atoms with E-state index < -0.39 is 0 Å². The molecule has 2 rings (SSSR count). The number of terminal acetylenes is 1. The molecule has 0 saturated heterocycles. The Morgan fingerprint density at radius 2 is 1.92 bits per heavy atom. The number of hydrogen-bond acceptors (Lipinski definition) is 3. The van der Waals surface area contributed by atoms with E-state index in [2.05, 4.69) is 5.92 Å². The Kier molecular flexibility index (Phi) is 6.16. The van der Waals surface area contributed by atoms with Crippen molar-refractivity contribution in [3.63, 3.8) is 0 Å². The van der Waals surface area contributed by atoms with Gasteiger partial charge < -0.3 is 9.47 Å². The van der Waals surface area contributed by atoms with Gasteiger partial charge in [0.15, 0.2) is 17.3 Å². The van der Waals surface area contributed by atoms with Crippen LogP contribution in [0.1, 0.15) is 22.8 Å².